The average molecular weight is 291 g/mol. The highest BCUT2D eigenvalue weighted by Crippen LogP contribution is 2.32. The summed E-state index contributed by atoms with van der Waals surface area (Å²) in [6.07, 6.45) is -0.534. The molecule has 0 aliphatic carbocycles. The van der Waals surface area contributed by atoms with Gasteiger partial charge in [-0.15, -0.1) is 0 Å². The highest BCUT2D eigenvalue weighted by Gasteiger charge is 2.21. The third-order valence-corrected chi connectivity index (χ3v) is 3.25. The fourth-order valence-electron chi connectivity index (χ4n) is 1.93. The van der Waals surface area contributed by atoms with E-state index in [-0.39, 0.29) is 16.9 Å². The van der Waals surface area contributed by atoms with Crippen molar-refractivity contribution in [2.24, 2.45) is 0 Å². The van der Waals surface area contributed by atoms with Gasteiger partial charge in [-0.1, -0.05) is 47.6 Å². The molecule has 0 radical (unpaired) electrons. The molecule has 1 amide bonds. The van der Waals surface area contributed by atoms with Crippen LogP contribution < -0.4 is 5.32 Å². The molecule has 0 saturated carbocycles. The molecule has 0 aliphatic heterocycles. The summed E-state index contributed by atoms with van der Waals surface area (Å²) in [5.74, 6) is 0. The number of rotatable bonds is 2. The molecule has 0 atom stereocenters. The Bertz CT molecular complexity index is 473. The summed E-state index contributed by atoms with van der Waals surface area (Å²) in [6, 6.07) is 6.27. The average Bonchev–Trinajstić information content (AvgIpc) is 2.24. The number of nitrogens with one attached hydrogen (secondary N) is 1. The van der Waals surface area contributed by atoms with E-state index >= 15 is 0 Å². The van der Waals surface area contributed by atoms with Gasteiger partial charge >= 0.3 is 6.09 Å². The third-order valence-electron chi connectivity index (χ3n) is 3.25. The lowest BCUT2D eigenvalue weighted by Crippen LogP contribution is -2.20. The van der Waals surface area contributed by atoms with E-state index in [0.29, 0.717) is 0 Å². The van der Waals surface area contributed by atoms with Crippen molar-refractivity contribution in [2.45, 2.75) is 72.3 Å². The van der Waals surface area contributed by atoms with Crippen molar-refractivity contribution in [3.63, 3.8) is 0 Å². The summed E-state index contributed by atoms with van der Waals surface area (Å²) in [4.78, 5) is 11.8. The van der Waals surface area contributed by atoms with Crippen molar-refractivity contribution in [3.05, 3.63) is 29.3 Å². The number of hydrogen-bond acceptors (Lipinski definition) is 2. The molecular weight excluding hydrogens is 262 g/mol. The Balaban J connectivity index is 3.17. The van der Waals surface area contributed by atoms with Crippen LogP contribution in [0.15, 0.2) is 18.2 Å². The maximum absolute atomic E-state index is 11.8. The largest absolute Gasteiger partial charge is 0.447 e. The van der Waals surface area contributed by atoms with Crippen LogP contribution in [0, 0.1) is 0 Å². The van der Waals surface area contributed by atoms with Crippen LogP contribution in [-0.2, 0) is 15.6 Å². The molecule has 1 aromatic rings. The van der Waals surface area contributed by atoms with E-state index in [9.17, 15) is 4.79 Å². The third kappa shape index (κ3) is 5.41. The van der Waals surface area contributed by atoms with Gasteiger partial charge in [-0.25, -0.2) is 4.79 Å². The van der Waals surface area contributed by atoms with Gasteiger partial charge in [-0.3, -0.25) is 5.32 Å². The zero-order chi connectivity index (χ0) is 16.4. The van der Waals surface area contributed by atoms with E-state index in [1.165, 1.54) is 11.1 Å². The predicted molar refractivity (Wildman–Crippen MR) is 89.1 cm³/mol. The van der Waals surface area contributed by atoms with Crippen molar-refractivity contribution in [3.8, 4) is 0 Å². The molecule has 3 nitrogen and oxygen atoms in total. The van der Waals surface area contributed by atoms with Crippen LogP contribution in [0.4, 0.5) is 10.5 Å². The van der Waals surface area contributed by atoms with Gasteiger partial charge in [0.05, 0.1) is 6.10 Å². The molecular formula is C18H29NO2. The molecule has 0 bridgehead atoms. The Kier molecular flexibility index (Phi) is 5.08. The first kappa shape index (κ1) is 17.5. The van der Waals surface area contributed by atoms with Crippen molar-refractivity contribution >= 4 is 11.8 Å². The number of carbonyl (C=O) groups excluding carboxylic acids is 1. The first-order chi connectivity index (χ1) is 9.39. The van der Waals surface area contributed by atoms with Gasteiger partial charge < -0.3 is 4.74 Å². The van der Waals surface area contributed by atoms with Crippen LogP contribution >= 0.6 is 0 Å². The minimum Gasteiger partial charge on any atom is -0.447 e. The minimum absolute atomic E-state index is 0.0274. The normalized spacial score (nSPS) is 12.4. The quantitative estimate of drug-likeness (QED) is 0.809. The molecule has 1 aromatic carbocycles. The monoisotopic (exact) mass is 291 g/mol. The van der Waals surface area contributed by atoms with Crippen LogP contribution in [0.5, 0.6) is 0 Å². The zero-order valence-electron chi connectivity index (χ0n) is 14.6. The van der Waals surface area contributed by atoms with Crippen molar-refractivity contribution in [1.29, 1.82) is 0 Å². The molecule has 1 N–H and O–H groups in total. The highest BCUT2D eigenvalue weighted by atomic mass is 16.6. The molecule has 0 aromatic heterocycles. The number of hydrogen-bond donors (Lipinski definition) is 1. The van der Waals surface area contributed by atoms with Crippen molar-refractivity contribution < 1.29 is 9.53 Å². The Hall–Kier alpha value is -1.51. The smallest absolute Gasteiger partial charge is 0.411 e. The van der Waals surface area contributed by atoms with Gasteiger partial charge in [0.25, 0.3) is 0 Å². The standard InChI is InChI=1S/C18H29NO2/c1-12(2)21-16(20)19-15-10-13(17(3,4)5)9-14(11-15)18(6,7)8/h9-12H,1-8H3,(H,19,20). The van der Waals surface area contributed by atoms with E-state index in [1.807, 2.05) is 26.0 Å². The Morgan fingerprint density at radius 1 is 0.952 bits per heavy atom. The molecule has 0 aliphatic rings. The summed E-state index contributed by atoms with van der Waals surface area (Å²) in [5.41, 5.74) is 3.25. The van der Waals surface area contributed by atoms with Crippen molar-refractivity contribution in [1.82, 2.24) is 0 Å². The minimum atomic E-state index is -0.407. The number of carbonyl (C=O) groups is 1. The van der Waals surface area contributed by atoms with Crippen LogP contribution in [0.2, 0.25) is 0 Å². The maximum Gasteiger partial charge on any atom is 0.411 e. The fourth-order valence-corrected chi connectivity index (χ4v) is 1.93. The molecule has 0 spiro atoms. The molecule has 0 fully saturated rings. The lowest BCUT2D eigenvalue weighted by atomic mass is 9.80. The number of benzene rings is 1. The molecule has 21 heavy (non-hydrogen) atoms. The molecule has 118 valence electrons. The molecule has 0 heterocycles. The van der Waals surface area contributed by atoms with E-state index in [0.717, 1.165) is 5.69 Å². The summed E-state index contributed by atoms with van der Waals surface area (Å²) < 4.78 is 5.16. The number of amides is 1. The van der Waals surface area contributed by atoms with Gasteiger partial charge in [0.1, 0.15) is 0 Å². The van der Waals surface area contributed by atoms with E-state index in [1.54, 1.807) is 0 Å². The fraction of sp³-hybridized carbons (Fsp3) is 0.611. The van der Waals surface area contributed by atoms with Gasteiger partial charge in [-0.05, 0) is 47.9 Å². The summed E-state index contributed by atoms with van der Waals surface area (Å²) in [7, 11) is 0. The molecule has 1 rings (SSSR count). The molecule has 0 unspecified atom stereocenters. The van der Waals surface area contributed by atoms with Crippen molar-refractivity contribution in [2.75, 3.05) is 5.32 Å². The van der Waals surface area contributed by atoms with Crippen LogP contribution in [0.3, 0.4) is 0 Å². The molecule has 3 heteroatoms. The Morgan fingerprint density at radius 2 is 1.38 bits per heavy atom. The Morgan fingerprint density at radius 3 is 1.71 bits per heavy atom. The highest BCUT2D eigenvalue weighted by molar-refractivity contribution is 5.85. The van der Waals surface area contributed by atoms with Crippen LogP contribution in [0.25, 0.3) is 0 Å². The van der Waals surface area contributed by atoms with Gasteiger partial charge in [0.2, 0.25) is 0 Å². The zero-order valence-corrected chi connectivity index (χ0v) is 14.6. The summed E-state index contributed by atoms with van der Waals surface area (Å²) >= 11 is 0. The first-order valence-electron chi connectivity index (χ1n) is 7.53. The topological polar surface area (TPSA) is 38.3 Å². The lowest BCUT2D eigenvalue weighted by Gasteiger charge is -2.26. The number of ether oxygens (including phenoxy) is 1. The van der Waals surface area contributed by atoms with Crippen LogP contribution in [-0.4, -0.2) is 12.2 Å². The second kappa shape index (κ2) is 6.08. The second-order valence-corrected chi connectivity index (χ2v) is 7.88. The predicted octanol–water partition coefficient (Wildman–Crippen LogP) is 5.24. The van der Waals surface area contributed by atoms with Gasteiger partial charge in [0.15, 0.2) is 0 Å². The summed E-state index contributed by atoms with van der Waals surface area (Å²) in [5, 5.41) is 2.84. The van der Waals surface area contributed by atoms with Gasteiger partial charge in [-0.2, -0.15) is 0 Å². The summed E-state index contributed by atoms with van der Waals surface area (Å²) in [6.45, 7) is 16.7. The first-order valence-corrected chi connectivity index (χ1v) is 7.53. The number of anilines is 1. The maximum atomic E-state index is 11.8. The second-order valence-electron chi connectivity index (χ2n) is 7.88. The van der Waals surface area contributed by atoms with Gasteiger partial charge in [0, 0.05) is 5.69 Å². The van der Waals surface area contributed by atoms with E-state index in [2.05, 4.69) is 52.9 Å². The Labute approximate surface area is 129 Å². The van der Waals surface area contributed by atoms with E-state index in [4.69, 9.17) is 4.74 Å². The van der Waals surface area contributed by atoms with Crippen LogP contribution in [0.1, 0.15) is 66.5 Å². The van der Waals surface area contributed by atoms with E-state index < -0.39 is 6.09 Å². The SMILES string of the molecule is CC(C)OC(=O)Nc1cc(C(C)(C)C)cc(C(C)(C)C)c1. The lowest BCUT2D eigenvalue weighted by molar-refractivity contribution is 0.130. The molecule has 0 saturated heterocycles.